The zero-order valence-electron chi connectivity index (χ0n) is 12.3. The van der Waals surface area contributed by atoms with Gasteiger partial charge in [-0.3, -0.25) is 0 Å². The summed E-state index contributed by atoms with van der Waals surface area (Å²) in [6.07, 6.45) is 0. The van der Waals surface area contributed by atoms with Gasteiger partial charge in [0, 0.05) is 30.4 Å². The van der Waals surface area contributed by atoms with Gasteiger partial charge in [0.2, 0.25) is 0 Å². The van der Waals surface area contributed by atoms with Crippen LogP contribution in [0.2, 0.25) is 0 Å². The van der Waals surface area contributed by atoms with Gasteiger partial charge in [-0.05, 0) is 37.6 Å². The Bertz CT molecular complexity index is 613. The van der Waals surface area contributed by atoms with E-state index >= 15 is 0 Å². The maximum atomic E-state index is 14.1. The number of benzene rings is 2. The molecule has 0 bridgehead atoms. The maximum Gasteiger partial charge on any atom is 0.131 e. The second-order valence-electron chi connectivity index (χ2n) is 5.04. The first kappa shape index (κ1) is 15.4. The van der Waals surface area contributed by atoms with Gasteiger partial charge in [0.1, 0.15) is 11.6 Å². The normalized spacial score (nSPS) is 12.2. The van der Waals surface area contributed by atoms with E-state index in [9.17, 15) is 8.78 Å². The Hall–Kier alpha value is -1.94. The molecule has 0 aliphatic heterocycles. The molecule has 0 heterocycles. The molecule has 0 radical (unpaired) electrons. The predicted molar refractivity (Wildman–Crippen MR) is 82.4 cm³/mol. The van der Waals surface area contributed by atoms with Crippen molar-refractivity contribution < 1.29 is 8.78 Å². The van der Waals surface area contributed by atoms with Gasteiger partial charge in [-0.15, -0.1) is 0 Å². The van der Waals surface area contributed by atoms with E-state index < -0.39 is 11.6 Å². The minimum Gasteiger partial charge on any atom is -0.363 e. The van der Waals surface area contributed by atoms with Crippen LogP contribution >= 0.6 is 0 Å². The fourth-order valence-corrected chi connectivity index (χ4v) is 2.58. The van der Waals surface area contributed by atoms with Crippen LogP contribution in [0.3, 0.4) is 0 Å². The smallest absolute Gasteiger partial charge is 0.131 e. The van der Waals surface area contributed by atoms with Crippen molar-refractivity contribution in [3.8, 4) is 0 Å². The summed E-state index contributed by atoms with van der Waals surface area (Å²) in [7, 11) is 0. The van der Waals surface area contributed by atoms with Crippen LogP contribution in [0.4, 0.5) is 14.5 Å². The minimum absolute atomic E-state index is 0.254. The first-order valence-corrected chi connectivity index (χ1v) is 7.05. The lowest BCUT2D eigenvalue weighted by atomic mass is 10.0. The Balaban J connectivity index is 2.42. The standard InChI is InChI=1S/C17H20F2N2/c1-3-21(14-6-4-5-12(2)9-14)17(11-20)15-8-7-13(18)10-16(15)19/h4-10,17H,3,11,20H2,1-2H3. The molecule has 1 unspecified atom stereocenters. The van der Waals surface area contributed by atoms with Crippen molar-refractivity contribution in [1.82, 2.24) is 0 Å². The van der Waals surface area contributed by atoms with Gasteiger partial charge in [0.25, 0.3) is 0 Å². The van der Waals surface area contributed by atoms with E-state index in [0.717, 1.165) is 17.3 Å². The number of nitrogens with two attached hydrogens (primary N) is 1. The third-order valence-electron chi connectivity index (χ3n) is 3.59. The van der Waals surface area contributed by atoms with Crippen LogP contribution in [0.25, 0.3) is 0 Å². The molecule has 0 aliphatic rings. The molecule has 112 valence electrons. The molecule has 2 rings (SSSR count). The molecule has 2 nitrogen and oxygen atoms in total. The quantitative estimate of drug-likeness (QED) is 0.907. The second kappa shape index (κ2) is 6.68. The molecule has 2 aromatic carbocycles. The Kier molecular flexibility index (Phi) is 4.91. The lowest BCUT2D eigenvalue weighted by Crippen LogP contribution is -2.34. The van der Waals surface area contributed by atoms with Crippen LogP contribution in [0, 0.1) is 18.6 Å². The van der Waals surface area contributed by atoms with Crippen LogP contribution in [0.15, 0.2) is 42.5 Å². The highest BCUT2D eigenvalue weighted by molar-refractivity contribution is 5.51. The van der Waals surface area contributed by atoms with Gasteiger partial charge in [-0.2, -0.15) is 0 Å². The molecule has 21 heavy (non-hydrogen) atoms. The summed E-state index contributed by atoms with van der Waals surface area (Å²) >= 11 is 0. The second-order valence-corrected chi connectivity index (χ2v) is 5.04. The number of hydrogen-bond acceptors (Lipinski definition) is 2. The van der Waals surface area contributed by atoms with Crippen LogP contribution in [0.5, 0.6) is 0 Å². The summed E-state index contributed by atoms with van der Waals surface area (Å²) in [6, 6.07) is 11.3. The molecule has 1 atom stereocenters. The van der Waals surface area contributed by atoms with E-state index in [1.54, 1.807) is 0 Å². The highest BCUT2D eigenvalue weighted by atomic mass is 19.1. The van der Waals surface area contributed by atoms with Crippen molar-refractivity contribution in [2.45, 2.75) is 19.9 Å². The number of rotatable bonds is 5. The molecule has 2 aromatic rings. The van der Waals surface area contributed by atoms with Crippen molar-refractivity contribution >= 4 is 5.69 Å². The Morgan fingerprint density at radius 2 is 1.90 bits per heavy atom. The largest absolute Gasteiger partial charge is 0.363 e. The highest BCUT2D eigenvalue weighted by Crippen LogP contribution is 2.28. The zero-order valence-corrected chi connectivity index (χ0v) is 12.3. The van der Waals surface area contributed by atoms with Gasteiger partial charge in [0.05, 0.1) is 6.04 Å². The highest BCUT2D eigenvalue weighted by Gasteiger charge is 2.21. The van der Waals surface area contributed by atoms with Crippen LogP contribution in [0.1, 0.15) is 24.1 Å². The fourth-order valence-electron chi connectivity index (χ4n) is 2.58. The van der Waals surface area contributed by atoms with E-state index in [-0.39, 0.29) is 12.6 Å². The number of likely N-dealkylation sites (N-methyl/N-ethyl adjacent to an activating group) is 1. The van der Waals surface area contributed by atoms with Gasteiger partial charge >= 0.3 is 0 Å². The number of hydrogen-bond donors (Lipinski definition) is 1. The Morgan fingerprint density at radius 1 is 1.14 bits per heavy atom. The summed E-state index contributed by atoms with van der Waals surface area (Å²) in [6.45, 7) is 4.94. The fraction of sp³-hybridized carbons (Fsp3) is 0.294. The van der Waals surface area contributed by atoms with Gasteiger partial charge in [0.15, 0.2) is 0 Å². The predicted octanol–water partition coefficient (Wildman–Crippen LogP) is 3.80. The van der Waals surface area contributed by atoms with Gasteiger partial charge < -0.3 is 10.6 Å². The van der Waals surface area contributed by atoms with Crippen LogP contribution < -0.4 is 10.6 Å². The number of halogens is 2. The molecule has 0 aliphatic carbocycles. The lowest BCUT2D eigenvalue weighted by molar-refractivity contribution is 0.543. The Morgan fingerprint density at radius 3 is 2.48 bits per heavy atom. The Labute approximate surface area is 124 Å². The molecule has 4 heteroatoms. The van der Waals surface area contributed by atoms with Gasteiger partial charge in [-0.25, -0.2) is 8.78 Å². The van der Waals surface area contributed by atoms with E-state index in [0.29, 0.717) is 12.1 Å². The molecular formula is C17H20F2N2. The molecular weight excluding hydrogens is 270 g/mol. The average molecular weight is 290 g/mol. The van der Waals surface area contributed by atoms with E-state index in [1.165, 1.54) is 12.1 Å². The lowest BCUT2D eigenvalue weighted by Gasteiger charge is -2.32. The number of aryl methyl sites for hydroxylation is 1. The van der Waals surface area contributed by atoms with Crippen LogP contribution in [-0.4, -0.2) is 13.1 Å². The first-order valence-electron chi connectivity index (χ1n) is 7.05. The third kappa shape index (κ3) is 3.39. The van der Waals surface area contributed by atoms with Crippen LogP contribution in [-0.2, 0) is 0 Å². The van der Waals surface area contributed by atoms with Crippen molar-refractivity contribution in [3.05, 3.63) is 65.2 Å². The SMILES string of the molecule is CCN(c1cccc(C)c1)C(CN)c1ccc(F)cc1F. The van der Waals surface area contributed by atoms with E-state index in [4.69, 9.17) is 5.73 Å². The van der Waals surface area contributed by atoms with Crippen molar-refractivity contribution in [3.63, 3.8) is 0 Å². The summed E-state index contributed by atoms with van der Waals surface area (Å²) in [5.74, 6) is -1.14. The molecule has 2 N–H and O–H groups in total. The van der Waals surface area contributed by atoms with Gasteiger partial charge in [-0.1, -0.05) is 18.2 Å². The average Bonchev–Trinajstić information content (AvgIpc) is 2.45. The monoisotopic (exact) mass is 290 g/mol. The maximum absolute atomic E-state index is 14.1. The van der Waals surface area contributed by atoms with E-state index in [2.05, 4.69) is 0 Å². The molecule has 0 amide bonds. The number of anilines is 1. The zero-order chi connectivity index (χ0) is 15.4. The van der Waals surface area contributed by atoms with Crippen molar-refractivity contribution in [2.24, 2.45) is 5.73 Å². The molecule has 0 aromatic heterocycles. The topological polar surface area (TPSA) is 29.3 Å². The molecule has 0 spiro atoms. The van der Waals surface area contributed by atoms with E-state index in [1.807, 2.05) is 43.0 Å². The molecule has 0 saturated carbocycles. The van der Waals surface area contributed by atoms with Crippen molar-refractivity contribution in [2.75, 3.05) is 18.0 Å². The molecule has 0 saturated heterocycles. The number of nitrogens with zero attached hydrogens (tertiary/aromatic N) is 1. The summed E-state index contributed by atoms with van der Waals surface area (Å²) in [5.41, 5.74) is 8.39. The minimum atomic E-state index is -0.578. The summed E-state index contributed by atoms with van der Waals surface area (Å²) < 4.78 is 27.1. The van der Waals surface area contributed by atoms with Crippen molar-refractivity contribution in [1.29, 1.82) is 0 Å². The third-order valence-corrected chi connectivity index (χ3v) is 3.59. The summed E-state index contributed by atoms with van der Waals surface area (Å²) in [4.78, 5) is 2.03. The summed E-state index contributed by atoms with van der Waals surface area (Å²) in [5, 5.41) is 0. The molecule has 0 fully saturated rings. The first-order chi connectivity index (χ1) is 10.1.